The average Bonchev–Trinajstić information content (AvgIpc) is 3.93. The quantitative estimate of drug-likeness (QED) is 0.0467. The Labute approximate surface area is 434 Å². The minimum Gasteiger partial charge on any atom is -0.481 e. The summed E-state index contributed by atoms with van der Waals surface area (Å²) >= 11 is 6.18. The van der Waals surface area contributed by atoms with Gasteiger partial charge < -0.3 is 30.5 Å². The van der Waals surface area contributed by atoms with E-state index in [1.165, 1.54) is 33.1 Å². The molecular formula is C54H86BClF2N6O8. The van der Waals surface area contributed by atoms with Gasteiger partial charge in [0.1, 0.15) is 6.79 Å². The maximum atomic E-state index is 14.8. The molecule has 0 bridgehead atoms. The fourth-order valence-corrected chi connectivity index (χ4v) is 7.36. The molecule has 0 fully saturated rings. The van der Waals surface area contributed by atoms with Crippen molar-refractivity contribution in [3.05, 3.63) is 81.8 Å². The number of Topliss-reactive ketones (excluding diaryl/α,β-unsaturated/α-hetero) is 2. The number of ketones is 2. The molecule has 18 heteroatoms. The number of methoxy groups -OCH3 is 1. The molecule has 0 atom stereocenters. The molecule has 0 aliphatic carbocycles. The van der Waals surface area contributed by atoms with Gasteiger partial charge in [0.05, 0.1) is 16.8 Å². The molecule has 0 spiro atoms. The number of unbranched alkanes of at least 4 members (excludes halogenated alkanes) is 1. The molecule has 2 aromatic carbocycles. The smallest absolute Gasteiger partial charge is 0.303 e. The van der Waals surface area contributed by atoms with Crippen molar-refractivity contribution in [3.63, 3.8) is 0 Å². The van der Waals surface area contributed by atoms with Gasteiger partial charge in [-0.3, -0.25) is 33.6 Å². The van der Waals surface area contributed by atoms with E-state index in [2.05, 4.69) is 28.7 Å². The number of aryl methyl sites for hydroxylation is 2. The molecule has 1 aliphatic heterocycles. The predicted octanol–water partition coefficient (Wildman–Crippen LogP) is 11.2. The van der Waals surface area contributed by atoms with Crippen LogP contribution in [0.1, 0.15) is 160 Å². The van der Waals surface area contributed by atoms with E-state index in [-0.39, 0.29) is 54.4 Å². The van der Waals surface area contributed by atoms with Crippen LogP contribution < -0.4 is 5.73 Å². The van der Waals surface area contributed by atoms with Crippen molar-refractivity contribution in [2.75, 3.05) is 46.6 Å². The summed E-state index contributed by atoms with van der Waals surface area (Å²) in [6, 6.07) is 8.55. The molecule has 1 aliphatic rings. The molecule has 3 aromatic rings. The van der Waals surface area contributed by atoms with Crippen molar-refractivity contribution in [2.45, 2.75) is 160 Å². The lowest BCUT2D eigenvalue weighted by Gasteiger charge is -2.23. The Balaban J connectivity index is 0. The SMILES string of the molecule is CC.CCC(=O)O.CCCCN.CCCN(CC)C(=O)CCCC(=O)N(CCC)CCCC(=O)c1ccc(C)cc1Cl.CCCn1ncc(-c2ccc(C3=CN=C(C(C)=O)B3C)c(F)c2F)c1C.COCO. The Morgan fingerprint density at radius 3 is 1.82 bits per heavy atom. The number of carbonyl (C=O) groups is 5. The number of aliphatic hydroxyl groups is 1. The minimum atomic E-state index is -0.928. The Morgan fingerprint density at radius 1 is 0.806 bits per heavy atom. The van der Waals surface area contributed by atoms with E-state index >= 15 is 0 Å². The maximum Gasteiger partial charge on any atom is 0.303 e. The molecule has 4 rings (SSSR count). The monoisotopic (exact) mass is 1030 g/mol. The molecule has 1 aromatic heterocycles. The number of aliphatic imine (C=N–C) groups is 1. The lowest BCUT2D eigenvalue weighted by molar-refractivity contribution is -0.137. The highest BCUT2D eigenvalue weighted by Crippen LogP contribution is 2.33. The third-order valence-electron chi connectivity index (χ3n) is 10.9. The molecule has 0 saturated heterocycles. The van der Waals surface area contributed by atoms with E-state index in [1.807, 2.05) is 64.3 Å². The first-order chi connectivity index (χ1) is 34.3. The van der Waals surface area contributed by atoms with Crippen molar-refractivity contribution in [1.82, 2.24) is 19.6 Å². The summed E-state index contributed by atoms with van der Waals surface area (Å²) in [6.45, 7) is 26.5. The van der Waals surface area contributed by atoms with Crippen molar-refractivity contribution < 1.29 is 47.7 Å². The molecule has 2 heterocycles. The number of amides is 2. The van der Waals surface area contributed by atoms with E-state index in [4.69, 9.17) is 27.5 Å². The first kappa shape index (κ1) is 69.0. The van der Waals surface area contributed by atoms with Gasteiger partial charge in [-0.1, -0.05) is 91.5 Å². The topological polar surface area (TPSA) is 198 Å². The number of aromatic nitrogens is 2. The number of hydrogen-bond acceptors (Lipinski definition) is 10. The van der Waals surface area contributed by atoms with Gasteiger partial charge in [-0.25, -0.2) is 8.78 Å². The second-order valence-corrected chi connectivity index (χ2v) is 17.0. The number of carbonyl (C=O) groups excluding carboxylic acids is 4. The zero-order valence-electron chi connectivity index (χ0n) is 45.6. The summed E-state index contributed by atoms with van der Waals surface area (Å²) < 4.78 is 35.5. The molecule has 4 N–H and O–H groups in total. The van der Waals surface area contributed by atoms with Crippen LogP contribution in [0.4, 0.5) is 8.78 Å². The normalized spacial score (nSPS) is 11.1. The summed E-state index contributed by atoms with van der Waals surface area (Å²) in [5.41, 5.74) is 9.27. The van der Waals surface area contributed by atoms with Crippen molar-refractivity contribution in [3.8, 4) is 11.1 Å². The van der Waals surface area contributed by atoms with Crippen LogP contribution in [0.2, 0.25) is 11.8 Å². The third kappa shape index (κ3) is 25.0. The minimum absolute atomic E-state index is 0.00470. The van der Waals surface area contributed by atoms with Crippen LogP contribution in [-0.4, -0.2) is 118 Å². The van der Waals surface area contributed by atoms with Gasteiger partial charge >= 0.3 is 5.97 Å². The number of nitrogens with two attached hydrogens (primary N) is 1. The van der Waals surface area contributed by atoms with Crippen LogP contribution in [0.5, 0.6) is 0 Å². The Morgan fingerprint density at radius 2 is 1.36 bits per heavy atom. The lowest BCUT2D eigenvalue weighted by atomic mass is 9.42. The molecule has 0 saturated carbocycles. The first-order valence-electron chi connectivity index (χ1n) is 25.5. The largest absolute Gasteiger partial charge is 0.481 e. The van der Waals surface area contributed by atoms with Crippen LogP contribution in [0.3, 0.4) is 0 Å². The fraction of sp³-hybridized carbons (Fsp3) is 0.574. The number of nitrogens with zero attached hydrogens (tertiary/aromatic N) is 5. The zero-order valence-corrected chi connectivity index (χ0v) is 46.4. The third-order valence-corrected chi connectivity index (χ3v) is 11.2. The van der Waals surface area contributed by atoms with Gasteiger partial charge in [-0.15, -0.1) is 0 Å². The lowest BCUT2D eigenvalue weighted by Crippen LogP contribution is -2.34. The molecule has 2 amide bonds. The molecule has 404 valence electrons. The van der Waals surface area contributed by atoms with Gasteiger partial charge in [0.15, 0.2) is 23.2 Å². The highest BCUT2D eigenvalue weighted by Gasteiger charge is 2.31. The number of halogens is 3. The van der Waals surface area contributed by atoms with E-state index in [9.17, 15) is 32.8 Å². The predicted molar refractivity (Wildman–Crippen MR) is 291 cm³/mol. The molecular weight excluding hydrogens is 945 g/mol. The number of hydrogen-bond donors (Lipinski definition) is 3. The second kappa shape index (κ2) is 40.4. The summed E-state index contributed by atoms with van der Waals surface area (Å²) in [5, 5.41) is 20.1. The Bertz CT molecular complexity index is 2150. The van der Waals surface area contributed by atoms with Gasteiger partial charge in [-0.2, -0.15) is 5.10 Å². The highest BCUT2D eigenvalue weighted by atomic mass is 35.5. The van der Waals surface area contributed by atoms with Crippen molar-refractivity contribution in [1.29, 1.82) is 0 Å². The Kier molecular flexibility index (Phi) is 38.7. The van der Waals surface area contributed by atoms with Crippen LogP contribution in [0.25, 0.3) is 16.6 Å². The zero-order chi connectivity index (χ0) is 55.3. The van der Waals surface area contributed by atoms with Crippen LogP contribution in [0.15, 0.2) is 47.7 Å². The van der Waals surface area contributed by atoms with Crippen molar-refractivity contribution in [2.24, 2.45) is 10.7 Å². The van der Waals surface area contributed by atoms with Gasteiger partial charge in [-0.05, 0) is 95.9 Å². The number of aliphatic carboxylic acids is 1. The molecule has 0 unspecified atom stereocenters. The standard InChI is InChI=1S/C24H37ClN2O3.C19H20BF2N3O.C4H11N.C3H6O2.C2H6O2.C2H6/c1-5-15-26(7-3)23(29)11-8-12-24(30)27(16-6-2)17-9-10-22(28)20-14-13-19(4)18-21(20)25;1-5-8-25-11(2)15(9-24-25)13-6-7-14(18(22)17(13)21)16-10-23-19(12(3)26)20(16)4;1-2-3-4-5;1-2-3(4)5;1-4-2-3;1-2/h13-14,18H,5-12,15-17H2,1-4H3;6-7,9-10H,5,8H2,1-4H3;2-5H2,1H3;2H2,1H3,(H,4,5);3H,2H2,1H3;1-2H3. The average molecular weight is 1030 g/mol. The van der Waals surface area contributed by atoms with E-state index in [0.29, 0.717) is 79.0 Å². The number of benzene rings is 2. The van der Waals surface area contributed by atoms with E-state index < -0.39 is 17.6 Å². The fourth-order valence-electron chi connectivity index (χ4n) is 7.02. The van der Waals surface area contributed by atoms with E-state index in [1.54, 1.807) is 48.9 Å². The summed E-state index contributed by atoms with van der Waals surface area (Å²) in [6.07, 6.45) is 10.6. The second-order valence-electron chi connectivity index (χ2n) is 16.6. The van der Waals surface area contributed by atoms with Gasteiger partial charge in [0.25, 0.3) is 0 Å². The summed E-state index contributed by atoms with van der Waals surface area (Å²) in [5.74, 6) is -2.57. The highest BCUT2D eigenvalue weighted by molar-refractivity contribution is 7.12. The van der Waals surface area contributed by atoms with Crippen LogP contribution in [-0.2, 0) is 30.5 Å². The number of carboxylic acid groups (broad SMARTS) is 1. The van der Waals surface area contributed by atoms with Gasteiger partial charge in [0, 0.05) is 99.7 Å². The van der Waals surface area contributed by atoms with Crippen LogP contribution >= 0.6 is 11.6 Å². The summed E-state index contributed by atoms with van der Waals surface area (Å²) in [4.78, 5) is 66.0. The molecule has 14 nitrogen and oxygen atoms in total. The Hall–Kier alpha value is -5.10. The van der Waals surface area contributed by atoms with Crippen molar-refractivity contribution >= 4 is 58.7 Å². The number of carboxylic acids is 1. The number of ether oxygens (including phenoxy) is 1. The summed E-state index contributed by atoms with van der Waals surface area (Å²) in [7, 11) is 1.43. The molecule has 72 heavy (non-hydrogen) atoms. The van der Waals surface area contributed by atoms with Crippen LogP contribution in [0, 0.1) is 25.5 Å². The van der Waals surface area contributed by atoms with Gasteiger partial charge in [0.2, 0.25) is 18.5 Å². The number of aliphatic hydroxyl groups excluding tert-OH is 1. The number of rotatable bonds is 23. The maximum absolute atomic E-state index is 14.8. The first-order valence-corrected chi connectivity index (χ1v) is 25.8. The molecule has 0 radical (unpaired) electrons. The van der Waals surface area contributed by atoms with E-state index in [0.717, 1.165) is 50.2 Å².